The van der Waals surface area contributed by atoms with Crippen molar-refractivity contribution in [3.05, 3.63) is 29.8 Å². The topological polar surface area (TPSA) is 30.7 Å². The van der Waals surface area contributed by atoms with Gasteiger partial charge in [0.1, 0.15) is 0 Å². The monoisotopic (exact) mass is 289 g/mol. The standard InChI is InChI=1S/C16H23N3S/c1-6-19-14(17-18-15(19)20-7-2)12-8-10-13(11-9-12)16(3,4)5/h8-11H,6-7H2,1-5H3. The summed E-state index contributed by atoms with van der Waals surface area (Å²) >= 11 is 1.74. The summed E-state index contributed by atoms with van der Waals surface area (Å²) in [4.78, 5) is 0. The Hall–Kier alpha value is -1.29. The van der Waals surface area contributed by atoms with Crippen molar-refractivity contribution in [3.63, 3.8) is 0 Å². The average molecular weight is 289 g/mol. The molecule has 0 fully saturated rings. The van der Waals surface area contributed by atoms with Crippen molar-refractivity contribution in [2.24, 2.45) is 0 Å². The highest BCUT2D eigenvalue weighted by molar-refractivity contribution is 7.99. The van der Waals surface area contributed by atoms with Gasteiger partial charge in [0.2, 0.25) is 0 Å². The Morgan fingerprint density at radius 2 is 1.70 bits per heavy atom. The van der Waals surface area contributed by atoms with Gasteiger partial charge in [-0.25, -0.2) is 0 Å². The Morgan fingerprint density at radius 3 is 2.20 bits per heavy atom. The lowest BCUT2D eigenvalue weighted by atomic mass is 9.87. The molecular weight excluding hydrogens is 266 g/mol. The first kappa shape index (κ1) is 15.1. The quantitative estimate of drug-likeness (QED) is 0.783. The van der Waals surface area contributed by atoms with E-state index in [0.717, 1.165) is 28.8 Å². The third kappa shape index (κ3) is 3.06. The zero-order valence-electron chi connectivity index (χ0n) is 13.0. The summed E-state index contributed by atoms with van der Waals surface area (Å²) in [6.07, 6.45) is 0. The van der Waals surface area contributed by atoms with Gasteiger partial charge in [0.25, 0.3) is 0 Å². The molecule has 1 heterocycles. The molecule has 0 saturated heterocycles. The van der Waals surface area contributed by atoms with Crippen molar-refractivity contribution in [3.8, 4) is 11.4 Å². The Kier molecular flexibility index (Phi) is 4.53. The summed E-state index contributed by atoms with van der Waals surface area (Å²) in [5, 5.41) is 9.66. The molecule has 2 aromatic rings. The van der Waals surface area contributed by atoms with Gasteiger partial charge in [0, 0.05) is 12.1 Å². The largest absolute Gasteiger partial charge is 0.302 e. The number of hydrogen-bond donors (Lipinski definition) is 0. The Labute approximate surface area is 125 Å². The molecule has 0 radical (unpaired) electrons. The summed E-state index contributed by atoms with van der Waals surface area (Å²) in [6, 6.07) is 8.68. The molecule has 0 aliphatic rings. The average Bonchev–Trinajstić information content (AvgIpc) is 2.81. The number of benzene rings is 1. The van der Waals surface area contributed by atoms with Gasteiger partial charge in [0.15, 0.2) is 11.0 Å². The van der Waals surface area contributed by atoms with Crippen molar-refractivity contribution in [2.75, 3.05) is 5.75 Å². The molecule has 108 valence electrons. The lowest BCUT2D eigenvalue weighted by Crippen LogP contribution is -2.10. The molecule has 0 N–H and O–H groups in total. The maximum absolute atomic E-state index is 4.36. The second-order valence-corrected chi connectivity index (χ2v) is 7.04. The van der Waals surface area contributed by atoms with E-state index >= 15 is 0 Å². The van der Waals surface area contributed by atoms with Gasteiger partial charge in [-0.3, -0.25) is 0 Å². The molecule has 3 nitrogen and oxygen atoms in total. The fourth-order valence-corrected chi connectivity index (χ4v) is 2.87. The SMILES string of the molecule is CCSc1nnc(-c2ccc(C(C)(C)C)cc2)n1CC. The van der Waals surface area contributed by atoms with E-state index < -0.39 is 0 Å². The van der Waals surface area contributed by atoms with Gasteiger partial charge < -0.3 is 4.57 Å². The van der Waals surface area contributed by atoms with E-state index in [4.69, 9.17) is 0 Å². The molecular formula is C16H23N3S. The van der Waals surface area contributed by atoms with Gasteiger partial charge in [-0.1, -0.05) is 63.7 Å². The van der Waals surface area contributed by atoms with Crippen molar-refractivity contribution in [1.82, 2.24) is 14.8 Å². The van der Waals surface area contributed by atoms with E-state index in [1.54, 1.807) is 11.8 Å². The van der Waals surface area contributed by atoms with E-state index in [1.165, 1.54) is 5.56 Å². The first-order chi connectivity index (χ1) is 9.47. The van der Waals surface area contributed by atoms with Crippen molar-refractivity contribution >= 4 is 11.8 Å². The molecule has 4 heteroatoms. The van der Waals surface area contributed by atoms with Crippen LogP contribution in [0, 0.1) is 0 Å². The second-order valence-electron chi connectivity index (χ2n) is 5.81. The van der Waals surface area contributed by atoms with Crippen molar-refractivity contribution in [1.29, 1.82) is 0 Å². The van der Waals surface area contributed by atoms with Crippen LogP contribution >= 0.6 is 11.8 Å². The van der Waals surface area contributed by atoms with E-state index in [1.807, 2.05) is 0 Å². The molecule has 0 atom stereocenters. The number of aromatic nitrogens is 3. The zero-order chi connectivity index (χ0) is 14.8. The zero-order valence-corrected chi connectivity index (χ0v) is 13.8. The second kappa shape index (κ2) is 6.00. The van der Waals surface area contributed by atoms with Crippen LogP contribution in [0.1, 0.15) is 40.2 Å². The van der Waals surface area contributed by atoms with Crippen LogP contribution in [-0.4, -0.2) is 20.5 Å². The van der Waals surface area contributed by atoms with Gasteiger partial charge in [0.05, 0.1) is 0 Å². The first-order valence-corrected chi connectivity index (χ1v) is 8.12. The summed E-state index contributed by atoms with van der Waals surface area (Å²) in [5.74, 6) is 1.98. The first-order valence-electron chi connectivity index (χ1n) is 7.14. The third-order valence-corrected chi connectivity index (χ3v) is 4.16. The predicted octanol–water partition coefficient (Wildman–Crippen LogP) is 4.37. The fraction of sp³-hybridized carbons (Fsp3) is 0.500. The molecule has 20 heavy (non-hydrogen) atoms. The maximum atomic E-state index is 4.36. The van der Waals surface area contributed by atoms with Crippen molar-refractivity contribution < 1.29 is 0 Å². The van der Waals surface area contributed by atoms with E-state index in [9.17, 15) is 0 Å². The van der Waals surface area contributed by atoms with Crippen LogP contribution in [0.2, 0.25) is 0 Å². The van der Waals surface area contributed by atoms with E-state index in [-0.39, 0.29) is 5.41 Å². The molecule has 0 spiro atoms. The van der Waals surface area contributed by atoms with E-state index in [0.29, 0.717) is 0 Å². The molecule has 0 unspecified atom stereocenters. The molecule has 0 bridgehead atoms. The number of nitrogens with zero attached hydrogens (tertiary/aromatic N) is 3. The minimum atomic E-state index is 0.181. The number of hydrogen-bond acceptors (Lipinski definition) is 3. The lowest BCUT2D eigenvalue weighted by Gasteiger charge is -2.19. The van der Waals surface area contributed by atoms with Crippen LogP contribution in [0.15, 0.2) is 29.4 Å². The van der Waals surface area contributed by atoms with E-state index in [2.05, 4.69) is 73.6 Å². The number of thioether (sulfide) groups is 1. The van der Waals surface area contributed by atoms with Crippen molar-refractivity contribution in [2.45, 2.75) is 51.7 Å². The highest BCUT2D eigenvalue weighted by Crippen LogP contribution is 2.27. The third-order valence-electron chi connectivity index (χ3n) is 3.32. The van der Waals surface area contributed by atoms with Gasteiger partial charge >= 0.3 is 0 Å². The minimum absolute atomic E-state index is 0.181. The molecule has 0 amide bonds. The molecule has 0 aliphatic carbocycles. The highest BCUT2D eigenvalue weighted by Gasteiger charge is 2.15. The Balaban J connectivity index is 2.37. The lowest BCUT2D eigenvalue weighted by molar-refractivity contribution is 0.590. The number of rotatable bonds is 4. The Morgan fingerprint density at radius 1 is 1.05 bits per heavy atom. The summed E-state index contributed by atoms with van der Waals surface area (Å²) in [7, 11) is 0. The molecule has 0 aliphatic heterocycles. The van der Waals surface area contributed by atoms with Crippen LogP contribution in [0.3, 0.4) is 0 Å². The summed E-state index contributed by atoms with van der Waals surface area (Å²) in [5.41, 5.74) is 2.66. The maximum Gasteiger partial charge on any atom is 0.191 e. The molecule has 2 rings (SSSR count). The summed E-state index contributed by atoms with van der Waals surface area (Å²) in [6.45, 7) is 11.9. The van der Waals surface area contributed by atoms with Crippen LogP contribution in [0.5, 0.6) is 0 Å². The summed E-state index contributed by atoms with van der Waals surface area (Å²) < 4.78 is 2.18. The van der Waals surface area contributed by atoms with Gasteiger partial charge in [-0.2, -0.15) is 0 Å². The minimum Gasteiger partial charge on any atom is -0.302 e. The highest BCUT2D eigenvalue weighted by atomic mass is 32.2. The van der Waals surface area contributed by atoms with Crippen LogP contribution in [0.4, 0.5) is 0 Å². The van der Waals surface area contributed by atoms with Crippen LogP contribution in [-0.2, 0) is 12.0 Å². The van der Waals surface area contributed by atoms with Crippen LogP contribution in [0.25, 0.3) is 11.4 Å². The fourth-order valence-electron chi connectivity index (χ4n) is 2.14. The Bertz CT molecular complexity index is 564. The molecule has 1 aromatic carbocycles. The van der Waals surface area contributed by atoms with Gasteiger partial charge in [-0.05, 0) is 23.7 Å². The normalized spacial score (nSPS) is 11.8. The predicted molar refractivity (Wildman–Crippen MR) is 86.2 cm³/mol. The molecule has 1 aromatic heterocycles. The van der Waals surface area contributed by atoms with Gasteiger partial charge in [-0.15, -0.1) is 10.2 Å². The molecule has 0 saturated carbocycles. The van der Waals surface area contributed by atoms with Crippen LogP contribution < -0.4 is 0 Å². The smallest absolute Gasteiger partial charge is 0.191 e.